The Bertz CT molecular complexity index is 597. The molecule has 0 unspecified atom stereocenters. The summed E-state index contributed by atoms with van der Waals surface area (Å²) in [6.45, 7) is 0. The SMILES string of the molecule is NS(=O)(=O)c1ccc([C@@H]2[C@@H](C(=O)O)C2(F)F)cc1. The number of hydrogen-bond acceptors (Lipinski definition) is 3. The van der Waals surface area contributed by atoms with E-state index in [0.717, 1.165) is 24.3 Å². The number of primary sulfonamides is 1. The molecule has 0 aliphatic heterocycles. The largest absolute Gasteiger partial charge is 0.481 e. The lowest BCUT2D eigenvalue weighted by atomic mass is 10.1. The normalized spacial score (nSPS) is 25.7. The van der Waals surface area contributed by atoms with Gasteiger partial charge in [-0.1, -0.05) is 12.1 Å². The predicted octanol–water partition coefficient (Wildman–Crippen LogP) is 0.767. The Balaban J connectivity index is 2.30. The van der Waals surface area contributed by atoms with Crippen molar-refractivity contribution in [2.45, 2.75) is 16.7 Å². The number of carbonyl (C=O) groups is 1. The number of benzene rings is 1. The highest BCUT2D eigenvalue weighted by atomic mass is 32.2. The summed E-state index contributed by atoms with van der Waals surface area (Å²) in [5, 5.41) is 13.5. The first kappa shape index (κ1) is 12.9. The highest BCUT2D eigenvalue weighted by molar-refractivity contribution is 7.89. The van der Waals surface area contributed by atoms with Crippen molar-refractivity contribution in [3.8, 4) is 0 Å². The van der Waals surface area contributed by atoms with Gasteiger partial charge in [0.25, 0.3) is 5.92 Å². The molecule has 1 aliphatic carbocycles. The van der Waals surface area contributed by atoms with Gasteiger partial charge in [-0.25, -0.2) is 22.3 Å². The molecule has 98 valence electrons. The second kappa shape index (κ2) is 3.72. The Morgan fingerprint density at radius 3 is 2.11 bits per heavy atom. The molecule has 0 radical (unpaired) electrons. The molecule has 1 aromatic carbocycles. The highest BCUT2D eigenvalue weighted by Gasteiger charge is 2.72. The van der Waals surface area contributed by atoms with Crippen LogP contribution in [0.4, 0.5) is 8.78 Å². The van der Waals surface area contributed by atoms with E-state index in [4.69, 9.17) is 10.2 Å². The first-order chi connectivity index (χ1) is 8.15. The average molecular weight is 277 g/mol. The number of sulfonamides is 1. The lowest BCUT2D eigenvalue weighted by Crippen LogP contribution is -2.11. The van der Waals surface area contributed by atoms with Gasteiger partial charge in [-0.3, -0.25) is 4.79 Å². The molecule has 8 heteroatoms. The summed E-state index contributed by atoms with van der Waals surface area (Å²) in [4.78, 5) is 10.4. The number of rotatable bonds is 3. The van der Waals surface area contributed by atoms with Crippen molar-refractivity contribution in [3.05, 3.63) is 29.8 Å². The van der Waals surface area contributed by atoms with Gasteiger partial charge in [0, 0.05) is 0 Å². The Morgan fingerprint density at radius 1 is 1.28 bits per heavy atom. The van der Waals surface area contributed by atoms with Crippen molar-refractivity contribution in [1.29, 1.82) is 0 Å². The number of carboxylic acid groups (broad SMARTS) is 1. The summed E-state index contributed by atoms with van der Waals surface area (Å²) in [7, 11) is -3.89. The number of nitrogens with two attached hydrogens (primary N) is 1. The zero-order valence-electron chi connectivity index (χ0n) is 8.88. The molecule has 0 aromatic heterocycles. The van der Waals surface area contributed by atoms with E-state index in [9.17, 15) is 22.0 Å². The molecule has 0 bridgehead atoms. The molecule has 1 aromatic rings. The van der Waals surface area contributed by atoms with Crippen molar-refractivity contribution in [2.75, 3.05) is 0 Å². The van der Waals surface area contributed by atoms with E-state index in [-0.39, 0.29) is 10.5 Å². The van der Waals surface area contributed by atoms with Crippen molar-refractivity contribution >= 4 is 16.0 Å². The maximum Gasteiger partial charge on any atom is 0.313 e. The van der Waals surface area contributed by atoms with Crippen LogP contribution >= 0.6 is 0 Å². The Morgan fingerprint density at radius 2 is 1.78 bits per heavy atom. The lowest BCUT2D eigenvalue weighted by Gasteiger charge is -2.01. The van der Waals surface area contributed by atoms with Crippen LogP contribution in [0.5, 0.6) is 0 Å². The van der Waals surface area contributed by atoms with Gasteiger partial charge in [0.2, 0.25) is 10.0 Å². The topological polar surface area (TPSA) is 97.5 Å². The summed E-state index contributed by atoms with van der Waals surface area (Å²) < 4.78 is 48.3. The Labute approximate surface area is 101 Å². The summed E-state index contributed by atoms with van der Waals surface area (Å²) in [5.41, 5.74) is 0.0831. The average Bonchev–Trinajstić information content (AvgIpc) is 2.80. The molecular formula is C10H9F2NO4S. The molecular weight excluding hydrogens is 268 g/mol. The quantitative estimate of drug-likeness (QED) is 0.852. The Kier molecular flexibility index (Phi) is 2.67. The molecule has 5 nitrogen and oxygen atoms in total. The number of hydrogen-bond donors (Lipinski definition) is 2. The Hall–Kier alpha value is -1.54. The van der Waals surface area contributed by atoms with Gasteiger partial charge in [0.1, 0.15) is 5.92 Å². The maximum absolute atomic E-state index is 13.2. The fourth-order valence-corrected chi connectivity index (χ4v) is 2.43. The van der Waals surface area contributed by atoms with Crippen molar-refractivity contribution in [2.24, 2.45) is 11.1 Å². The van der Waals surface area contributed by atoms with Gasteiger partial charge in [0.05, 0.1) is 10.8 Å². The van der Waals surface area contributed by atoms with Gasteiger partial charge in [-0.05, 0) is 17.7 Å². The highest BCUT2D eigenvalue weighted by Crippen LogP contribution is 2.61. The molecule has 0 heterocycles. The van der Waals surface area contributed by atoms with Crippen molar-refractivity contribution < 1.29 is 27.1 Å². The zero-order chi connectivity index (χ0) is 13.7. The number of alkyl halides is 2. The van der Waals surface area contributed by atoms with Gasteiger partial charge in [-0.2, -0.15) is 0 Å². The summed E-state index contributed by atoms with van der Waals surface area (Å²) in [6.07, 6.45) is 0. The smallest absolute Gasteiger partial charge is 0.313 e. The van der Waals surface area contributed by atoms with Gasteiger partial charge >= 0.3 is 5.97 Å². The van der Waals surface area contributed by atoms with Crippen LogP contribution in [0.3, 0.4) is 0 Å². The van der Waals surface area contributed by atoms with Crippen LogP contribution in [0.25, 0.3) is 0 Å². The second-order valence-corrected chi connectivity index (χ2v) is 5.64. The maximum atomic E-state index is 13.2. The molecule has 3 N–H and O–H groups in total. The monoisotopic (exact) mass is 277 g/mol. The van der Waals surface area contributed by atoms with Crippen LogP contribution in [0.1, 0.15) is 11.5 Å². The van der Waals surface area contributed by atoms with Crippen molar-refractivity contribution in [1.82, 2.24) is 0 Å². The fraction of sp³-hybridized carbons (Fsp3) is 0.300. The molecule has 1 fully saturated rings. The van der Waals surface area contributed by atoms with Crippen LogP contribution < -0.4 is 5.14 Å². The first-order valence-corrected chi connectivity index (χ1v) is 6.43. The summed E-state index contributed by atoms with van der Waals surface area (Å²) >= 11 is 0. The molecule has 0 amide bonds. The standard InChI is InChI=1S/C10H9F2NO4S/c11-10(12)7(8(10)9(14)15)5-1-3-6(4-2-5)18(13,16)17/h1-4,7-8H,(H,14,15)(H2,13,16,17)/t7-,8+/m1/s1. The molecule has 1 saturated carbocycles. The number of halogens is 2. The van der Waals surface area contributed by atoms with Gasteiger partial charge < -0.3 is 5.11 Å². The second-order valence-electron chi connectivity index (χ2n) is 4.08. The minimum atomic E-state index is -3.89. The molecule has 2 atom stereocenters. The van der Waals surface area contributed by atoms with E-state index in [1.807, 2.05) is 0 Å². The van der Waals surface area contributed by atoms with E-state index in [2.05, 4.69) is 0 Å². The number of aliphatic carboxylic acids is 1. The zero-order valence-corrected chi connectivity index (χ0v) is 9.69. The van der Waals surface area contributed by atoms with Crippen molar-refractivity contribution in [3.63, 3.8) is 0 Å². The summed E-state index contributed by atoms with van der Waals surface area (Å²) in [5.74, 6) is -8.03. The van der Waals surface area contributed by atoms with E-state index in [1.165, 1.54) is 0 Å². The van der Waals surface area contributed by atoms with E-state index in [0.29, 0.717) is 0 Å². The van der Waals surface area contributed by atoms with Gasteiger partial charge in [0.15, 0.2) is 0 Å². The van der Waals surface area contributed by atoms with Crippen LogP contribution in [0.15, 0.2) is 29.2 Å². The van der Waals surface area contributed by atoms with Crippen LogP contribution in [-0.4, -0.2) is 25.4 Å². The molecule has 18 heavy (non-hydrogen) atoms. The number of carboxylic acids is 1. The minimum absolute atomic E-state index is 0.0831. The first-order valence-electron chi connectivity index (χ1n) is 4.89. The lowest BCUT2D eigenvalue weighted by molar-refractivity contribution is -0.140. The molecule has 1 aliphatic rings. The van der Waals surface area contributed by atoms with E-state index >= 15 is 0 Å². The molecule has 2 rings (SSSR count). The third-order valence-electron chi connectivity index (χ3n) is 2.89. The fourth-order valence-electron chi connectivity index (χ4n) is 1.91. The molecule has 0 saturated heterocycles. The predicted molar refractivity (Wildman–Crippen MR) is 56.6 cm³/mol. The third kappa shape index (κ3) is 1.97. The van der Waals surface area contributed by atoms with Crippen LogP contribution in [-0.2, 0) is 14.8 Å². The van der Waals surface area contributed by atoms with Crippen LogP contribution in [0, 0.1) is 5.92 Å². The summed E-state index contributed by atoms with van der Waals surface area (Å²) in [6, 6.07) is 4.47. The van der Waals surface area contributed by atoms with E-state index < -0.39 is 33.8 Å². The third-order valence-corrected chi connectivity index (χ3v) is 3.82. The van der Waals surface area contributed by atoms with Crippen LogP contribution in [0.2, 0.25) is 0 Å². The van der Waals surface area contributed by atoms with E-state index in [1.54, 1.807) is 0 Å². The van der Waals surface area contributed by atoms with Gasteiger partial charge in [-0.15, -0.1) is 0 Å². The molecule has 0 spiro atoms. The minimum Gasteiger partial charge on any atom is -0.481 e.